The highest BCUT2D eigenvalue weighted by Gasteiger charge is 2.07. The number of halogens is 2. The summed E-state index contributed by atoms with van der Waals surface area (Å²) >= 11 is 17.3. The first kappa shape index (κ1) is 24.5. The summed E-state index contributed by atoms with van der Waals surface area (Å²) in [4.78, 5) is 24.0. The Morgan fingerprint density at radius 1 is 1.00 bits per heavy atom. The van der Waals surface area contributed by atoms with E-state index in [1.165, 1.54) is 12.2 Å². The zero-order chi connectivity index (χ0) is 23.8. The minimum atomic E-state index is -0.427. The second kappa shape index (κ2) is 11.7. The average Bonchev–Trinajstić information content (AvgIpc) is 3.21. The zero-order valence-corrected chi connectivity index (χ0v) is 20.0. The molecule has 1 heterocycles. The highest BCUT2D eigenvalue weighted by atomic mass is 35.5. The molecule has 0 aliphatic heterocycles. The lowest BCUT2D eigenvalue weighted by atomic mass is 10.2. The zero-order valence-electron chi connectivity index (χ0n) is 17.7. The molecule has 1 aromatic heterocycles. The van der Waals surface area contributed by atoms with E-state index in [0.717, 1.165) is 12.0 Å². The van der Waals surface area contributed by atoms with Crippen LogP contribution in [-0.2, 0) is 9.59 Å². The molecule has 3 rings (SSSR count). The van der Waals surface area contributed by atoms with Gasteiger partial charge >= 0.3 is 0 Å². The first-order valence-corrected chi connectivity index (χ1v) is 11.2. The third kappa shape index (κ3) is 7.75. The maximum atomic E-state index is 12.2. The Balaban J connectivity index is 1.55. The fourth-order valence-electron chi connectivity index (χ4n) is 2.89. The van der Waals surface area contributed by atoms with Gasteiger partial charge in [-0.25, -0.2) is 0 Å². The van der Waals surface area contributed by atoms with Crippen molar-refractivity contribution < 1.29 is 14.0 Å². The maximum absolute atomic E-state index is 12.2. The minimum Gasteiger partial charge on any atom is -0.457 e. The Hall–Kier alpha value is -3.13. The van der Waals surface area contributed by atoms with Gasteiger partial charge in [-0.1, -0.05) is 36.2 Å². The van der Waals surface area contributed by atoms with Gasteiger partial charge in [-0.2, -0.15) is 0 Å². The number of benzene rings is 2. The lowest BCUT2D eigenvalue weighted by molar-refractivity contribution is -0.116. The normalized spacial score (nSPS) is 10.8. The molecule has 0 unspecified atom stereocenters. The second-order valence-electron chi connectivity index (χ2n) is 7.02. The van der Waals surface area contributed by atoms with E-state index in [1.807, 2.05) is 6.92 Å². The van der Waals surface area contributed by atoms with Gasteiger partial charge in [-0.15, -0.1) is 0 Å². The molecule has 33 heavy (non-hydrogen) atoms. The van der Waals surface area contributed by atoms with E-state index in [0.29, 0.717) is 39.4 Å². The van der Waals surface area contributed by atoms with Crippen LogP contribution in [-0.4, -0.2) is 16.9 Å². The van der Waals surface area contributed by atoms with Gasteiger partial charge in [0, 0.05) is 39.5 Å². The number of carbonyl (C=O) groups excluding carboxylic acids is 2. The van der Waals surface area contributed by atoms with Gasteiger partial charge in [0.25, 0.3) is 0 Å². The Kier molecular flexibility index (Phi) is 8.65. The summed E-state index contributed by atoms with van der Waals surface area (Å²) in [6.07, 6.45) is 4.05. The molecule has 6 nitrogen and oxygen atoms in total. The molecule has 0 spiro atoms. The van der Waals surface area contributed by atoms with Gasteiger partial charge in [-0.05, 0) is 73.2 Å². The minimum absolute atomic E-state index is 0.0600. The number of amides is 2. The van der Waals surface area contributed by atoms with Crippen molar-refractivity contribution in [1.29, 1.82) is 0 Å². The van der Waals surface area contributed by atoms with Crippen molar-refractivity contribution in [2.24, 2.45) is 0 Å². The Labute approximate surface area is 207 Å². The predicted molar refractivity (Wildman–Crippen MR) is 138 cm³/mol. The number of anilines is 2. The van der Waals surface area contributed by atoms with Crippen molar-refractivity contribution in [2.45, 2.75) is 19.8 Å². The van der Waals surface area contributed by atoms with E-state index < -0.39 is 5.91 Å². The van der Waals surface area contributed by atoms with Gasteiger partial charge in [0.05, 0.1) is 0 Å². The van der Waals surface area contributed by atoms with E-state index in [2.05, 4.69) is 16.0 Å². The first-order valence-electron chi connectivity index (χ1n) is 10.1. The first-order chi connectivity index (χ1) is 15.8. The summed E-state index contributed by atoms with van der Waals surface area (Å²) in [6, 6.07) is 15.7. The molecule has 0 atom stereocenters. The van der Waals surface area contributed by atoms with Crippen LogP contribution in [0.5, 0.6) is 0 Å². The van der Waals surface area contributed by atoms with Gasteiger partial charge in [0.2, 0.25) is 11.8 Å². The SMILES string of the molecule is CCCC(=O)Nc1cccc(NC(=S)NC(=O)/C=C/c2ccc(-c3cc(Cl)cc(Cl)c3)o2)c1. The largest absolute Gasteiger partial charge is 0.457 e. The number of rotatable bonds is 7. The van der Waals surface area contributed by atoms with Crippen LogP contribution >= 0.6 is 35.4 Å². The molecule has 0 bridgehead atoms. The summed E-state index contributed by atoms with van der Waals surface area (Å²) in [7, 11) is 0. The summed E-state index contributed by atoms with van der Waals surface area (Å²) < 4.78 is 5.73. The molecule has 0 radical (unpaired) electrons. The number of furan rings is 1. The molecule has 0 aliphatic rings. The molecular formula is C24H21Cl2N3O3S. The number of carbonyl (C=O) groups is 2. The molecule has 0 saturated heterocycles. The summed E-state index contributed by atoms with van der Waals surface area (Å²) in [5.74, 6) is 0.562. The van der Waals surface area contributed by atoms with E-state index in [1.54, 1.807) is 54.6 Å². The van der Waals surface area contributed by atoms with Crippen molar-refractivity contribution in [3.05, 3.63) is 76.5 Å². The lowest BCUT2D eigenvalue weighted by Crippen LogP contribution is -2.32. The number of hydrogen-bond acceptors (Lipinski definition) is 4. The van der Waals surface area contributed by atoms with E-state index >= 15 is 0 Å². The topological polar surface area (TPSA) is 83.4 Å². The molecule has 0 saturated carbocycles. The average molecular weight is 502 g/mol. The third-order valence-electron chi connectivity index (χ3n) is 4.29. The predicted octanol–water partition coefficient (Wildman–Crippen LogP) is 6.52. The van der Waals surface area contributed by atoms with Crippen LogP contribution in [0, 0.1) is 0 Å². The fraction of sp³-hybridized carbons (Fsp3) is 0.125. The molecule has 2 amide bonds. The van der Waals surface area contributed by atoms with Crippen LogP contribution in [0.15, 0.2) is 65.1 Å². The Bertz CT molecular complexity index is 1190. The Morgan fingerprint density at radius 3 is 2.39 bits per heavy atom. The smallest absolute Gasteiger partial charge is 0.250 e. The standard InChI is InChI=1S/C24H21Cl2N3O3S/c1-2-4-22(30)27-18-5-3-6-19(14-18)28-24(33)29-23(31)10-8-20-7-9-21(32-20)15-11-16(25)13-17(26)12-15/h3,5-14H,2,4H2,1H3,(H,27,30)(H2,28,29,31,33)/b10-8+. The number of thiocarbonyl (C=S) groups is 1. The van der Waals surface area contributed by atoms with Crippen LogP contribution < -0.4 is 16.0 Å². The van der Waals surface area contributed by atoms with Crippen LogP contribution in [0.4, 0.5) is 11.4 Å². The molecule has 0 aliphatic carbocycles. The van der Waals surface area contributed by atoms with Crippen molar-refractivity contribution in [3.8, 4) is 11.3 Å². The van der Waals surface area contributed by atoms with Gasteiger partial charge in [-0.3, -0.25) is 14.9 Å². The molecular weight excluding hydrogens is 481 g/mol. The number of nitrogens with one attached hydrogen (secondary N) is 3. The highest BCUT2D eigenvalue weighted by Crippen LogP contribution is 2.28. The lowest BCUT2D eigenvalue weighted by Gasteiger charge is -2.10. The Morgan fingerprint density at radius 2 is 1.70 bits per heavy atom. The van der Waals surface area contributed by atoms with Gasteiger partial charge < -0.3 is 15.1 Å². The number of hydrogen-bond donors (Lipinski definition) is 3. The fourth-order valence-corrected chi connectivity index (χ4v) is 3.64. The molecule has 3 aromatic rings. The molecule has 2 aromatic carbocycles. The molecule has 170 valence electrons. The molecule has 0 fully saturated rings. The van der Waals surface area contributed by atoms with Gasteiger partial charge in [0.1, 0.15) is 11.5 Å². The van der Waals surface area contributed by atoms with Crippen LogP contribution in [0.2, 0.25) is 10.0 Å². The van der Waals surface area contributed by atoms with E-state index in [-0.39, 0.29) is 11.0 Å². The van der Waals surface area contributed by atoms with Crippen LogP contribution in [0.1, 0.15) is 25.5 Å². The van der Waals surface area contributed by atoms with E-state index in [4.69, 9.17) is 39.8 Å². The maximum Gasteiger partial charge on any atom is 0.250 e. The monoisotopic (exact) mass is 501 g/mol. The summed E-state index contributed by atoms with van der Waals surface area (Å²) in [5.41, 5.74) is 2.01. The second-order valence-corrected chi connectivity index (χ2v) is 8.30. The van der Waals surface area contributed by atoms with Crippen molar-refractivity contribution in [3.63, 3.8) is 0 Å². The summed E-state index contributed by atoms with van der Waals surface area (Å²) in [5, 5.41) is 9.41. The molecule has 9 heteroatoms. The van der Waals surface area contributed by atoms with Crippen molar-refractivity contribution in [2.75, 3.05) is 10.6 Å². The van der Waals surface area contributed by atoms with Crippen molar-refractivity contribution >= 4 is 69.8 Å². The third-order valence-corrected chi connectivity index (χ3v) is 4.93. The highest BCUT2D eigenvalue weighted by molar-refractivity contribution is 7.80. The van der Waals surface area contributed by atoms with Gasteiger partial charge in [0.15, 0.2) is 5.11 Å². The quantitative estimate of drug-likeness (QED) is 0.253. The van der Waals surface area contributed by atoms with Crippen LogP contribution in [0.25, 0.3) is 17.4 Å². The van der Waals surface area contributed by atoms with E-state index in [9.17, 15) is 9.59 Å². The summed E-state index contributed by atoms with van der Waals surface area (Å²) in [6.45, 7) is 1.94. The van der Waals surface area contributed by atoms with Crippen LogP contribution in [0.3, 0.4) is 0 Å². The van der Waals surface area contributed by atoms with Crippen molar-refractivity contribution in [1.82, 2.24) is 5.32 Å². The molecule has 3 N–H and O–H groups in total.